The Labute approximate surface area is 175 Å². The minimum atomic E-state index is -0.591. The number of anilines is 2. The number of rotatable bonds is 7. The zero-order valence-corrected chi connectivity index (χ0v) is 17.2. The van der Waals surface area contributed by atoms with Gasteiger partial charge in [-0.25, -0.2) is 4.39 Å². The van der Waals surface area contributed by atoms with Gasteiger partial charge in [0.15, 0.2) is 0 Å². The summed E-state index contributed by atoms with van der Waals surface area (Å²) < 4.78 is 19.3. The zero-order valence-electron chi connectivity index (χ0n) is 17.2. The first kappa shape index (κ1) is 21.3. The number of carbonyl (C=O) groups excluding carboxylic acids is 2. The van der Waals surface area contributed by atoms with E-state index in [2.05, 4.69) is 24.5 Å². The summed E-state index contributed by atoms with van der Waals surface area (Å²) in [5, 5.41) is 5.34. The van der Waals surface area contributed by atoms with Gasteiger partial charge in [-0.2, -0.15) is 0 Å². The molecular weight excluding hydrogens is 383 g/mol. The van der Waals surface area contributed by atoms with Crippen LogP contribution in [0.4, 0.5) is 15.8 Å². The molecule has 3 rings (SSSR count). The van der Waals surface area contributed by atoms with Gasteiger partial charge in [0.1, 0.15) is 11.6 Å². The lowest BCUT2D eigenvalue weighted by Gasteiger charge is -2.21. The predicted octanol–water partition coefficient (Wildman–Crippen LogP) is 5.75. The van der Waals surface area contributed by atoms with Crippen molar-refractivity contribution in [2.24, 2.45) is 5.92 Å². The van der Waals surface area contributed by atoms with Crippen LogP contribution < -0.4 is 10.6 Å². The number of carbonyl (C=O) groups is 2. The molecule has 30 heavy (non-hydrogen) atoms. The van der Waals surface area contributed by atoms with Crippen LogP contribution in [-0.2, 0) is 4.79 Å². The van der Waals surface area contributed by atoms with E-state index in [4.69, 9.17) is 4.42 Å². The molecule has 0 aliphatic heterocycles. The van der Waals surface area contributed by atoms with Gasteiger partial charge in [-0.05, 0) is 48.6 Å². The quantitative estimate of drug-likeness (QED) is 0.523. The molecule has 6 heteroatoms. The molecule has 0 fully saturated rings. The molecule has 2 amide bonds. The number of aryl methyl sites for hydroxylation is 1. The number of hydrogen-bond donors (Lipinski definition) is 2. The van der Waals surface area contributed by atoms with E-state index in [0.29, 0.717) is 23.4 Å². The first-order chi connectivity index (χ1) is 14.3. The molecule has 1 unspecified atom stereocenters. The molecule has 3 aromatic rings. The third-order valence-corrected chi connectivity index (χ3v) is 5.04. The number of amides is 2. The summed E-state index contributed by atoms with van der Waals surface area (Å²) in [6.45, 7) is 5.81. The van der Waals surface area contributed by atoms with Crippen molar-refractivity contribution in [1.82, 2.24) is 0 Å². The number of hydrogen-bond acceptors (Lipinski definition) is 3. The Morgan fingerprint density at radius 3 is 2.40 bits per heavy atom. The first-order valence-electron chi connectivity index (χ1n) is 9.85. The fraction of sp³-hybridized carbons (Fsp3) is 0.250. The highest BCUT2D eigenvalue weighted by Crippen LogP contribution is 2.29. The lowest BCUT2D eigenvalue weighted by Crippen LogP contribution is -2.19. The fourth-order valence-electron chi connectivity index (χ4n) is 3.36. The Bertz CT molecular complexity index is 1030. The highest BCUT2D eigenvalue weighted by molar-refractivity contribution is 6.05. The second-order valence-electron chi connectivity index (χ2n) is 7.55. The number of furan rings is 1. The smallest absolute Gasteiger partial charge is 0.259 e. The topological polar surface area (TPSA) is 71.3 Å². The number of halogens is 1. The molecule has 156 valence electrons. The van der Waals surface area contributed by atoms with Crippen LogP contribution in [0.25, 0.3) is 0 Å². The largest absolute Gasteiger partial charge is 0.469 e. The van der Waals surface area contributed by atoms with Gasteiger partial charge in [-0.1, -0.05) is 44.2 Å². The minimum Gasteiger partial charge on any atom is -0.469 e. The van der Waals surface area contributed by atoms with Crippen molar-refractivity contribution in [3.63, 3.8) is 0 Å². The normalized spacial score (nSPS) is 11.9. The third-order valence-electron chi connectivity index (χ3n) is 5.04. The maximum absolute atomic E-state index is 14.2. The van der Waals surface area contributed by atoms with Crippen LogP contribution in [0.1, 0.15) is 47.9 Å². The van der Waals surface area contributed by atoms with Crippen molar-refractivity contribution in [2.75, 3.05) is 10.6 Å². The maximum atomic E-state index is 14.2. The lowest BCUT2D eigenvalue weighted by atomic mass is 9.85. The van der Waals surface area contributed by atoms with Crippen LogP contribution in [-0.4, -0.2) is 11.8 Å². The molecule has 1 heterocycles. The molecule has 0 aliphatic rings. The van der Waals surface area contributed by atoms with Crippen LogP contribution in [0.2, 0.25) is 0 Å². The van der Waals surface area contributed by atoms with E-state index in [0.717, 1.165) is 5.56 Å². The molecule has 0 saturated heterocycles. The van der Waals surface area contributed by atoms with E-state index in [1.54, 1.807) is 6.92 Å². The van der Waals surface area contributed by atoms with E-state index in [1.165, 1.54) is 30.5 Å². The van der Waals surface area contributed by atoms with Gasteiger partial charge < -0.3 is 15.1 Å². The van der Waals surface area contributed by atoms with Crippen molar-refractivity contribution >= 4 is 23.2 Å². The van der Waals surface area contributed by atoms with Crippen LogP contribution >= 0.6 is 0 Å². The lowest BCUT2D eigenvalue weighted by molar-refractivity contribution is -0.116. The number of benzene rings is 2. The third kappa shape index (κ3) is 5.14. The highest BCUT2D eigenvalue weighted by atomic mass is 19.1. The average molecular weight is 408 g/mol. The predicted molar refractivity (Wildman–Crippen MR) is 115 cm³/mol. The summed E-state index contributed by atoms with van der Waals surface area (Å²) in [6, 6.07) is 15.5. The van der Waals surface area contributed by atoms with E-state index >= 15 is 0 Å². The van der Waals surface area contributed by atoms with Gasteiger partial charge in [-0.15, -0.1) is 0 Å². The van der Waals surface area contributed by atoms with Gasteiger partial charge in [-0.3, -0.25) is 9.59 Å². The Morgan fingerprint density at radius 1 is 1.03 bits per heavy atom. The van der Waals surface area contributed by atoms with Gasteiger partial charge in [0.2, 0.25) is 5.91 Å². The van der Waals surface area contributed by atoms with Crippen LogP contribution in [0.15, 0.2) is 65.3 Å². The zero-order chi connectivity index (χ0) is 21.7. The van der Waals surface area contributed by atoms with Gasteiger partial charge >= 0.3 is 0 Å². The van der Waals surface area contributed by atoms with Crippen molar-refractivity contribution in [1.29, 1.82) is 0 Å². The molecular formula is C24H25FN2O3. The first-order valence-corrected chi connectivity index (χ1v) is 9.85. The molecule has 5 nitrogen and oxygen atoms in total. The molecule has 0 aliphatic carbocycles. The summed E-state index contributed by atoms with van der Waals surface area (Å²) in [4.78, 5) is 25.0. The standard InChI is InChI=1S/C24H25FN2O3/c1-15(2)20(17-7-5-4-6-8-17)14-23(28)26-18-9-10-21(25)22(13-18)27-24(29)19-11-12-30-16(19)3/h4-13,15,20H,14H2,1-3H3,(H,26,28)(H,27,29). The van der Waals surface area contributed by atoms with E-state index in [9.17, 15) is 14.0 Å². The van der Waals surface area contributed by atoms with Gasteiger partial charge in [0, 0.05) is 12.1 Å². The van der Waals surface area contributed by atoms with E-state index in [-0.39, 0.29) is 23.4 Å². The maximum Gasteiger partial charge on any atom is 0.259 e. The van der Waals surface area contributed by atoms with Crippen LogP contribution in [0.5, 0.6) is 0 Å². The van der Waals surface area contributed by atoms with Crippen molar-refractivity contribution in [2.45, 2.75) is 33.1 Å². The van der Waals surface area contributed by atoms with Crippen LogP contribution in [0.3, 0.4) is 0 Å². The molecule has 0 radical (unpaired) electrons. The molecule has 2 N–H and O–H groups in total. The molecule has 1 atom stereocenters. The van der Waals surface area contributed by atoms with E-state index < -0.39 is 11.7 Å². The summed E-state index contributed by atoms with van der Waals surface area (Å²) in [6.07, 6.45) is 1.70. The van der Waals surface area contributed by atoms with Crippen molar-refractivity contribution in [3.8, 4) is 0 Å². The van der Waals surface area contributed by atoms with Gasteiger partial charge in [0.25, 0.3) is 5.91 Å². The highest BCUT2D eigenvalue weighted by Gasteiger charge is 2.20. The molecule has 2 aromatic carbocycles. The summed E-state index contributed by atoms with van der Waals surface area (Å²) >= 11 is 0. The average Bonchev–Trinajstić information content (AvgIpc) is 3.15. The van der Waals surface area contributed by atoms with Gasteiger partial charge in [0.05, 0.1) is 17.5 Å². The second kappa shape index (κ2) is 9.39. The molecule has 0 saturated carbocycles. The monoisotopic (exact) mass is 408 g/mol. The molecule has 0 spiro atoms. The SMILES string of the molecule is Cc1occc1C(=O)Nc1cc(NC(=O)CC(c2ccccc2)C(C)C)ccc1F. The minimum absolute atomic E-state index is 0.0122. The molecule has 1 aromatic heterocycles. The van der Waals surface area contributed by atoms with Crippen LogP contribution in [0, 0.1) is 18.7 Å². The Morgan fingerprint density at radius 2 is 1.77 bits per heavy atom. The summed E-state index contributed by atoms with van der Waals surface area (Å²) in [5.41, 5.74) is 1.83. The Hall–Kier alpha value is -3.41. The summed E-state index contributed by atoms with van der Waals surface area (Å²) in [7, 11) is 0. The van der Waals surface area contributed by atoms with Crippen molar-refractivity contribution in [3.05, 3.63) is 83.6 Å². The Balaban J connectivity index is 1.70. The Kier molecular flexibility index (Phi) is 6.67. The number of nitrogens with one attached hydrogen (secondary N) is 2. The fourth-order valence-corrected chi connectivity index (χ4v) is 3.36. The second-order valence-corrected chi connectivity index (χ2v) is 7.55. The summed E-state index contributed by atoms with van der Waals surface area (Å²) in [5.74, 6) is -0.459. The van der Waals surface area contributed by atoms with Crippen molar-refractivity contribution < 1.29 is 18.4 Å². The molecule has 0 bridgehead atoms. The van der Waals surface area contributed by atoms with E-state index in [1.807, 2.05) is 30.3 Å².